The van der Waals surface area contributed by atoms with Crippen LogP contribution in [-0.2, 0) is 10.1 Å². The van der Waals surface area contributed by atoms with Gasteiger partial charge in [-0.1, -0.05) is 51.4 Å². The molecule has 0 aromatic heterocycles. The van der Waals surface area contributed by atoms with Crippen molar-refractivity contribution in [1.29, 1.82) is 0 Å². The summed E-state index contributed by atoms with van der Waals surface area (Å²) >= 11 is 4.93. The Bertz CT molecular complexity index is 154. The second-order valence-corrected chi connectivity index (χ2v) is 28.3. The molecule has 0 aromatic carbocycles. The molecular weight excluding hydrogens is 491 g/mol. The van der Waals surface area contributed by atoms with E-state index in [1.54, 1.807) is 0 Å². The fraction of sp³-hybridized carbons (Fsp3) is 1.00. The zero-order valence-electron chi connectivity index (χ0n) is 10.6. The Hall–Kier alpha value is 2.00. The van der Waals surface area contributed by atoms with E-state index >= 15 is 0 Å². The zero-order valence-corrected chi connectivity index (χ0v) is 17.9. The second kappa shape index (κ2) is 11.8. The Morgan fingerprint density at radius 2 is 1.24 bits per heavy atom. The molecule has 2 heterocycles. The van der Waals surface area contributed by atoms with Crippen LogP contribution in [-0.4, -0.2) is 25.2 Å². The van der Waals surface area contributed by atoms with E-state index in [1.165, 1.54) is 51.4 Å². The molecule has 0 radical (unpaired) electrons. The van der Waals surface area contributed by atoms with E-state index in [-0.39, 0.29) is 10.1 Å². The molecule has 0 saturated carbocycles. The molecule has 98 valence electrons. The van der Waals surface area contributed by atoms with Gasteiger partial charge in [0.05, 0.1) is 0 Å². The van der Waals surface area contributed by atoms with E-state index in [0.717, 1.165) is 13.1 Å². The van der Waals surface area contributed by atoms with Gasteiger partial charge in [-0.3, -0.25) is 0 Å². The van der Waals surface area contributed by atoms with Gasteiger partial charge in [0.15, 0.2) is 0 Å². The first kappa shape index (κ1) is 17.1. The van der Waals surface area contributed by atoms with E-state index in [9.17, 15) is 0 Å². The van der Waals surface area contributed by atoms with E-state index in [2.05, 4.69) is 50.1 Å². The van der Waals surface area contributed by atoms with Crippen LogP contribution < -0.4 is 0 Å². The van der Waals surface area contributed by atoms with Gasteiger partial charge in [0.2, 0.25) is 0 Å². The first-order valence-corrected chi connectivity index (χ1v) is 24.9. The fourth-order valence-corrected chi connectivity index (χ4v) is 2.57. The quantitative estimate of drug-likeness (QED) is 0.358. The van der Waals surface area contributed by atoms with Crippen LogP contribution in [0.15, 0.2) is 0 Å². The van der Waals surface area contributed by atoms with E-state index < -0.39 is 0 Å². The van der Waals surface area contributed by atoms with E-state index in [0.29, 0.717) is 12.1 Å². The van der Waals surface area contributed by atoms with Gasteiger partial charge in [-0.25, -0.2) is 0 Å². The topological polar surface area (TPSA) is 28.2 Å². The predicted molar refractivity (Wildman–Crippen MR) is 89.0 cm³/mol. The Morgan fingerprint density at radius 1 is 0.824 bits per heavy atom. The summed E-state index contributed by atoms with van der Waals surface area (Å²) < 4.78 is 0. The molecular formula is C12H22I2N2Zn-2. The van der Waals surface area contributed by atoms with Gasteiger partial charge >= 0.3 is 49.6 Å². The number of hydrogen-bond donors (Lipinski definition) is 0. The summed E-state index contributed by atoms with van der Waals surface area (Å²) in [6.07, 6.45) is 10.7. The Morgan fingerprint density at radius 3 is 1.53 bits per heavy atom. The minimum absolute atomic E-state index is 0.0650. The van der Waals surface area contributed by atoms with Crippen molar-refractivity contribution in [2.24, 2.45) is 0 Å². The van der Waals surface area contributed by atoms with Crippen molar-refractivity contribution in [1.82, 2.24) is 0 Å². The second-order valence-electron chi connectivity index (χ2n) is 4.79. The fourth-order valence-electron chi connectivity index (χ4n) is 2.57. The molecule has 0 bridgehead atoms. The molecule has 2 nitrogen and oxygen atoms in total. The van der Waals surface area contributed by atoms with Crippen LogP contribution in [0.2, 0.25) is 0 Å². The molecule has 2 saturated heterocycles. The van der Waals surface area contributed by atoms with Gasteiger partial charge < -0.3 is 10.6 Å². The van der Waals surface area contributed by atoms with Crippen LogP contribution in [0, 0.1) is 0 Å². The number of piperidine rings is 2. The van der Waals surface area contributed by atoms with Crippen LogP contribution in [0.25, 0.3) is 10.6 Å². The van der Waals surface area contributed by atoms with Crippen LogP contribution in [0.3, 0.4) is 0 Å². The molecule has 0 amide bonds. The summed E-state index contributed by atoms with van der Waals surface area (Å²) in [4.78, 5) is 0. The van der Waals surface area contributed by atoms with Crippen molar-refractivity contribution in [3.63, 3.8) is 0 Å². The first-order valence-electron chi connectivity index (χ1n) is 6.82. The summed E-state index contributed by atoms with van der Waals surface area (Å²) in [6.45, 7) is 2.24. The summed E-state index contributed by atoms with van der Waals surface area (Å²) in [7, 11) is 0.0650. The molecule has 0 aliphatic carbocycles. The van der Waals surface area contributed by atoms with Crippen LogP contribution >= 0.6 is 39.5 Å². The third-order valence-electron chi connectivity index (χ3n) is 3.50. The Balaban J connectivity index is 0.000000437. The van der Waals surface area contributed by atoms with Gasteiger partial charge in [-0.2, -0.15) is 0 Å². The van der Waals surface area contributed by atoms with Crippen molar-refractivity contribution in [2.45, 2.75) is 63.5 Å². The first-order chi connectivity index (χ1) is 8.36. The van der Waals surface area contributed by atoms with Crippen LogP contribution in [0.5, 0.6) is 0 Å². The monoisotopic (exact) mass is 512 g/mol. The molecule has 2 atom stereocenters. The van der Waals surface area contributed by atoms with E-state index in [1.807, 2.05) is 0 Å². The summed E-state index contributed by atoms with van der Waals surface area (Å²) in [5.74, 6) is 0. The molecule has 2 aliphatic rings. The third kappa shape index (κ3) is 8.71. The van der Waals surface area contributed by atoms with Crippen LogP contribution in [0.1, 0.15) is 51.4 Å². The zero-order chi connectivity index (χ0) is 12.3. The standard InChI is InChI=1S/C12H22N2.2HI.Zn/c1-3-9-13-11(5-1)7-8-12-6-2-4-10-14-12;;;/h11-12H,1-10H2;2*1H;/q-2;;;+2/p-2. The number of rotatable bonds is 3. The molecule has 2 aliphatic heterocycles. The average molecular weight is 514 g/mol. The summed E-state index contributed by atoms with van der Waals surface area (Å²) in [5.41, 5.74) is 0. The maximum atomic E-state index is 4.67. The third-order valence-corrected chi connectivity index (χ3v) is 3.50. The normalized spacial score (nSPS) is 28.8. The van der Waals surface area contributed by atoms with Crippen molar-refractivity contribution in [3.05, 3.63) is 10.6 Å². The van der Waals surface area contributed by atoms with Crippen molar-refractivity contribution < 1.29 is 10.1 Å². The maximum absolute atomic E-state index is 4.67. The van der Waals surface area contributed by atoms with Gasteiger partial charge in [-0.05, 0) is 0 Å². The summed E-state index contributed by atoms with van der Waals surface area (Å²) in [6, 6.07) is 1.36. The number of hydrogen-bond acceptors (Lipinski definition) is 0. The van der Waals surface area contributed by atoms with Crippen LogP contribution in [0.4, 0.5) is 0 Å². The van der Waals surface area contributed by atoms with E-state index in [4.69, 9.17) is 0 Å². The van der Waals surface area contributed by atoms with Gasteiger partial charge in [0.1, 0.15) is 0 Å². The molecule has 17 heavy (non-hydrogen) atoms. The molecule has 0 aromatic rings. The van der Waals surface area contributed by atoms with Gasteiger partial charge in [-0.15, -0.1) is 25.2 Å². The molecule has 0 spiro atoms. The predicted octanol–water partition coefficient (Wildman–Crippen LogP) is 5.39. The number of nitrogens with zero attached hydrogens (tertiary/aromatic N) is 2. The van der Waals surface area contributed by atoms with Crippen molar-refractivity contribution >= 4 is 39.5 Å². The Labute approximate surface area is 135 Å². The number of halogens is 2. The van der Waals surface area contributed by atoms with Crippen molar-refractivity contribution in [2.75, 3.05) is 13.1 Å². The summed E-state index contributed by atoms with van der Waals surface area (Å²) in [5, 5.41) is 9.34. The van der Waals surface area contributed by atoms with Gasteiger partial charge in [0, 0.05) is 0 Å². The molecule has 2 fully saturated rings. The Kier molecular flexibility index (Phi) is 11.8. The molecule has 2 unspecified atom stereocenters. The molecule has 0 N–H and O–H groups in total. The molecule has 2 rings (SSSR count). The average Bonchev–Trinajstić information content (AvgIpc) is 2.40. The SMILES string of the molecule is C1CCC(CCC2CCCC[N-]2)[N-]C1.[I][Zn][I]. The molecule has 5 heteroatoms. The van der Waals surface area contributed by atoms with Crippen molar-refractivity contribution in [3.8, 4) is 0 Å². The minimum atomic E-state index is 0.0650. The van der Waals surface area contributed by atoms with Gasteiger partial charge in [0.25, 0.3) is 0 Å².